The topological polar surface area (TPSA) is 189 Å². The maximum absolute atomic E-state index is 12.3. The molecule has 244 valence electrons. The fourth-order valence-corrected chi connectivity index (χ4v) is 5.29. The van der Waals surface area contributed by atoms with Gasteiger partial charge in [-0.1, -0.05) is 84.5 Å². The van der Waals surface area contributed by atoms with E-state index in [1.165, 1.54) is 19.3 Å². The predicted octanol–water partition coefficient (Wildman–Crippen LogP) is 2.84. The van der Waals surface area contributed by atoms with E-state index in [1.807, 2.05) is 0 Å². The molecule has 1 heterocycles. The smallest absolute Gasteiger partial charge is 0.305 e. The number of ether oxygens (including phenoxy) is 4. The molecular weight excluding hydrogens is 560 g/mol. The fraction of sp³-hybridized carbons (Fsp3) is 0.964. The first kappa shape index (κ1) is 38.1. The fourth-order valence-electron chi connectivity index (χ4n) is 4.60. The largest absolute Gasteiger partial charge is 0.463 e. The highest BCUT2D eigenvalue weighted by Crippen LogP contribution is 2.24. The lowest BCUT2D eigenvalue weighted by Gasteiger charge is -2.40. The summed E-state index contributed by atoms with van der Waals surface area (Å²) in [5.74, 6) is -1.44. The van der Waals surface area contributed by atoms with Crippen LogP contribution >= 0.6 is 0 Å². The van der Waals surface area contributed by atoms with Gasteiger partial charge in [0.2, 0.25) is 0 Å². The molecule has 1 fully saturated rings. The van der Waals surface area contributed by atoms with Crippen molar-refractivity contribution < 1.29 is 57.1 Å². The van der Waals surface area contributed by atoms with Gasteiger partial charge in [0.25, 0.3) is 10.1 Å². The molecule has 5 N–H and O–H groups in total. The number of hydrogen-bond donors (Lipinski definition) is 5. The Bertz CT molecular complexity index is 780. The van der Waals surface area contributed by atoms with Crippen molar-refractivity contribution >= 4 is 16.1 Å². The van der Waals surface area contributed by atoms with Crippen LogP contribution in [-0.4, -0.2) is 101 Å². The molecule has 1 rings (SSSR count). The highest BCUT2D eigenvalue weighted by Gasteiger charge is 2.45. The summed E-state index contributed by atoms with van der Waals surface area (Å²) in [6, 6.07) is 0. The molecule has 0 amide bonds. The zero-order valence-corrected chi connectivity index (χ0v) is 25.6. The third-order valence-corrected chi connectivity index (χ3v) is 7.81. The molecule has 1 saturated heterocycles. The molecule has 0 saturated carbocycles. The molecule has 7 atom stereocenters. The van der Waals surface area contributed by atoms with E-state index in [1.54, 1.807) is 0 Å². The Morgan fingerprint density at radius 2 is 1.37 bits per heavy atom. The van der Waals surface area contributed by atoms with Gasteiger partial charge in [-0.25, -0.2) is 0 Å². The Labute approximate surface area is 245 Å². The molecule has 0 aromatic rings. The zero-order valence-electron chi connectivity index (χ0n) is 24.8. The van der Waals surface area contributed by atoms with Crippen molar-refractivity contribution in [1.82, 2.24) is 0 Å². The lowest BCUT2D eigenvalue weighted by Crippen LogP contribution is -2.60. The number of unbranched alkanes of at least 4 members (excludes halogenated alkanes) is 11. The number of hydrogen-bond acceptors (Lipinski definition) is 11. The molecule has 13 heteroatoms. The van der Waals surface area contributed by atoms with Crippen molar-refractivity contribution in [2.45, 2.75) is 153 Å². The van der Waals surface area contributed by atoms with Crippen LogP contribution in [0.4, 0.5) is 0 Å². The van der Waals surface area contributed by atoms with E-state index in [9.17, 15) is 33.6 Å². The van der Waals surface area contributed by atoms with Gasteiger partial charge in [-0.3, -0.25) is 9.35 Å². The van der Waals surface area contributed by atoms with E-state index in [0.717, 1.165) is 57.8 Å². The minimum atomic E-state index is -4.57. The molecule has 0 radical (unpaired) electrons. The van der Waals surface area contributed by atoms with Gasteiger partial charge in [0.05, 0.1) is 6.61 Å². The summed E-state index contributed by atoms with van der Waals surface area (Å²) in [5.41, 5.74) is 0. The number of carbonyl (C=O) groups is 1. The third-order valence-electron chi connectivity index (χ3n) is 7.06. The molecule has 0 aromatic heterocycles. The zero-order chi connectivity index (χ0) is 30.7. The number of aliphatic hydroxyl groups excluding tert-OH is 4. The molecule has 1 aliphatic heterocycles. The number of esters is 1. The van der Waals surface area contributed by atoms with E-state index in [-0.39, 0.29) is 19.6 Å². The van der Waals surface area contributed by atoms with Crippen molar-refractivity contribution in [3.8, 4) is 0 Å². The SMILES string of the molecule is CCCCCCCCC[C@H](O)O[C@H](COC(=O)CCCCCCCC)CO[C@@H]1O[C@H](CS(=O)(=O)O)[C@@H](O)[C@H](O)[C@H]1O. The second-order valence-corrected chi connectivity index (χ2v) is 12.4. The Kier molecular flexibility index (Phi) is 20.2. The summed E-state index contributed by atoms with van der Waals surface area (Å²) in [4.78, 5) is 12.3. The standard InChI is InChI=1S/C28H54O12S/c1-3-5-7-9-11-13-15-17-24(30)39-21(18-37-23(29)16-14-12-10-8-6-4-2)19-38-28-27(33)26(32)25(31)22(40-28)20-41(34,35)36/h21-22,24-28,30-33H,3-20H2,1-2H3,(H,34,35,36)/t21-,22-,24-,25-,26+,27-,28-/m1/s1. The lowest BCUT2D eigenvalue weighted by atomic mass is 10.00. The van der Waals surface area contributed by atoms with Crippen LogP contribution in [0.5, 0.6) is 0 Å². The van der Waals surface area contributed by atoms with Gasteiger partial charge < -0.3 is 39.4 Å². The van der Waals surface area contributed by atoms with Gasteiger partial charge >= 0.3 is 5.97 Å². The molecule has 12 nitrogen and oxygen atoms in total. The molecule has 0 unspecified atom stereocenters. The molecular formula is C28H54O12S. The van der Waals surface area contributed by atoms with Crippen LogP contribution in [0, 0.1) is 0 Å². The summed E-state index contributed by atoms with van der Waals surface area (Å²) >= 11 is 0. The average molecular weight is 615 g/mol. The van der Waals surface area contributed by atoms with E-state index in [0.29, 0.717) is 12.8 Å². The van der Waals surface area contributed by atoms with Crippen LogP contribution in [0.1, 0.15) is 110 Å². The van der Waals surface area contributed by atoms with Crippen LogP contribution in [0.25, 0.3) is 0 Å². The number of carbonyl (C=O) groups excluding carboxylic acids is 1. The van der Waals surface area contributed by atoms with Crippen molar-refractivity contribution in [1.29, 1.82) is 0 Å². The summed E-state index contributed by atoms with van der Waals surface area (Å²) in [5, 5.41) is 40.9. The van der Waals surface area contributed by atoms with Gasteiger partial charge in [0.1, 0.15) is 42.9 Å². The maximum Gasteiger partial charge on any atom is 0.305 e. The van der Waals surface area contributed by atoms with Crippen LogP contribution in [0.15, 0.2) is 0 Å². The normalized spacial score (nSPS) is 24.7. The molecule has 0 aliphatic carbocycles. The van der Waals surface area contributed by atoms with Crippen LogP contribution in [-0.2, 0) is 33.9 Å². The molecule has 0 bridgehead atoms. The van der Waals surface area contributed by atoms with Gasteiger partial charge in [-0.2, -0.15) is 8.42 Å². The van der Waals surface area contributed by atoms with E-state index in [4.69, 9.17) is 23.5 Å². The van der Waals surface area contributed by atoms with Crippen molar-refractivity contribution in [2.75, 3.05) is 19.0 Å². The van der Waals surface area contributed by atoms with E-state index >= 15 is 0 Å². The van der Waals surface area contributed by atoms with Gasteiger partial charge in [0.15, 0.2) is 12.6 Å². The highest BCUT2D eigenvalue weighted by molar-refractivity contribution is 7.85. The quantitative estimate of drug-likeness (QED) is 0.0463. The van der Waals surface area contributed by atoms with Crippen LogP contribution < -0.4 is 0 Å². The minimum absolute atomic E-state index is 0.242. The van der Waals surface area contributed by atoms with Crippen LogP contribution in [0.2, 0.25) is 0 Å². The monoisotopic (exact) mass is 614 g/mol. The van der Waals surface area contributed by atoms with Gasteiger partial charge in [-0.05, 0) is 19.3 Å². The molecule has 0 spiro atoms. The van der Waals surface area contributed by atoms with Crippen molar-refractivity contribution in [3.63, 3.8) is 0 Å². The first-order valence-electron chi connectivity index (χ1n) is 15.2. The minimum Gasteiger partial charge on any atom is -0.463 e. The Morgan fingerprint density at radius 3 is 1.95 bits per heavy atom. The first-order chi connectivity index (χ1) is 19.5. The van der Waals surface area contributed by atoms with Gasteiger partial charge in [0, 0.05) is 6.42 Å². The highest BCUT2D eigenvalue weighted by atomic mass is 32.2. The average Bonchev–Trinajstić information content (AvgIpc) is 2.91. The van der Waals surface area contributed by atoms with E-state index < -0.39 is 64.9 Å². The summed E-state index contributed by atoms with van der Waals surface area (Å²) in [6.45, 7) is 3.70. The molecule has 0 aromatic carbocycles. The first-order valence-corrected chi connectivity index (χ1v) is 16.8. The van der Waals surface area contributed by atoms with Crippen molar-refractivity contribution in [3.05, 3.63) is 0 Å². The number of aliphatic hydroxyl groups is 4. The Hall–Kier alpha value is -0.900. The molecule has 1 aliphatic rings. The van der Waals surface area contributed by atoms with Crippen molar-refractivity contribution in [2.24, 2.45) is 0 Å². The lowest BCUT2D eigenvalue weighted by molar-refractivity contribution is -0.301. The summed E-state index contributed by atoms with van der Waals surface area (Å²) in [7, 11) is -4.57. The second kappa shape index (κ2) is 21.7. The molecule has 41 heavy (non-hydrogen) atoms. The number of rotatable bonds is 24. The second-order valence-electron chi connectivity index (χ2n) is 10.9. The van der Waals surface area contributed by atoms with Crippen LogP contribution in [0.3, 0.4) is 0 Å². The van der Waals surface area contributed by atoms with Gasteiger partial charge in [-0.15, -0.1) is 0 Å². The predicted molar refractivity (Wildman–Crippen MR) is 151 cm³/mol. The Balaban J connectivity index is 2.65. The maximum atomic E-state index is 12.3. The summed E-state index contributed by atoms with van der Waals surface area (Å²) < 4.78 is 53.5. The summed E-state index contributed by atoms with van der Waals surface area (Å²) in [6.07, 6.45) is 3.55. The Morgan fingerprint density at radius 1 is 0.805 bits per heavy atom. The third kappa shape index (κ3) is 17.7. The van der Waals surface area contributed by atoms with E-state index in [2.05, 4.69) is 13.8 Å².